The molecule has 1 rings (SSSR count). The van der Waals surface area contributed by atoms with Crippen LogP contribution in [0.25, 0.3) is 0 Å². The molecule has 0 radical (unpaired) electrons. The van der Waals surface area contributed by atoms with E-state index >= 15 is 0 Å². The molecule has 0 aliphatic rings. The van der Waals surface area contributed by atoms with Crippen LogP contribution in [0, 0.1) is 0 Å². The van der Waals surface area contributed by atoms with Gasteiger partial charge in [-0.15, -0.1) is 0 Å². The van der Waals surface area contributed by atoms with Gasteiger partial charge in [-0.25, -0.2) is 0 Å². The Kier molecular flexibility index (Phi) is 5.81. The Morgan fingerprint density at radius 1 is 1.05 bits per heavy atom. The minimum absolute atomic E-state index is 0.0385. The fourth-order valence-corrected chi connectivity index (χ4v) is 4.48. The summed E-state index contributed by atoms with van der Waals surface area (Å²) in [5.41, 5.74) is 8.45. The maximum atomic E-state index is 10.6. The van der Waals surface area contributed by atoms with E-state index in [2.05, 4.69) is 47.6 Å². The zero-order valence-corrected chi connectivity index (χ0v) is 15.9. The number of nitrogens with two attached hydrogens (primary N) is 1. The van der Waals surface area contributed by atoms with Crippen molar-refractivity contribution in [2.75, 3.05) is 6.61 Å². The molecule has 4 N–H and O–H groups in total. The molecule has 1 aromatic rings. The first-order valence-electron chi connectivity index (χ1n) is 7.81. The Morgan fingerprint density at radius 2 is 1.59 bits per heavy atom. The third-order valence-corrected chi connectivity index (χ3v) is 5.72. The molecule has 0 atom stereocenters. The van der Waals surface area contributed by atoms with E-state index in [4.69, 9.17) is 10.3 Å². The molecule has 1 aromatic carbocycles. The maximum absolute atomic E-state index is 10.6. The summed E-state index contributed by atoms with van der Waals surface area (Å²) < 4.78 is 5.31. The van der Waals surface area contributed by atoms with Gasteiger partial charge in [-0.05, 0) is 0 Å². The van der Waals surface area contributed by atoms with Gasteiger partial charge in [0.15, 0.2) is 0 Å². The quantitative estimate of drug-likeness (QED) is 0.743. The van der Waals surface area contributed by atoms with Gasteiger partial charge in [-0.2, -0.15) is 0 Å². The number of rotatable bonds is 4. The summed E-state index contributed by atoms with van der Waals surface area (Å²) in [6, 6.07) is 4.06. The molecule has 0 amide bonds. The van der Waals surface area contributed by atoms with Crippen LogP contribution in [0.15, 0.2) is 12.1 Å². The minimum atomic E-state index is -3.96. The van der Waals surface area contributed by atoms with Gasteiger partial charge in [0.25, 0.3) is 0 Å². The molecule has 0 aromatic heterocycles. The second-order valence-electron chi connectivity index (χ2n) is 7.80. The standard InChI is InChI=1S/C17H32NO3P/c1-8-21-22(19,20)15-12(11-18)9-13(16(2,3)4)10-14(15)17(5,6)7/h9-10,19-20,22H,8,11,18H2,1-7H3. The number of benzene rings is 1. The summed E-state index contributed by atoms with van der Waals surface area (Å²) in [7, 11) is -3.96. The van der Waals surface area contributed by atoms with Crippen LogP contribution in [0.3, 0.4) is 0 Å². The van der Waals surface area contributed by atoms with Crippen LogP contribution in [-0.4, -0.2) is 16.4 Å². The van der Waals surface area contributed by atoms with Crippen molar-refractivity contribution < 1.29 is 14.3 Å². The van der Waals surface area contributed by atoms with Crippen molar-refractivity contribution in [1.82, 2.24) is 0 Å². The molecule has 0 unspecified atom stereocenters. The molecule has 0 saturated carbocycles. The van der Waals surface area contributed by atoms with Gasteiger partial charge in [-0.3, -0.25) is 0 Å². The molecule has 5 heteroatoms. The van der Waals surface area contributed by atoms with Gasteiger partial charge in [0.05, 0.1) is 0 Å². The predicted molar refractivity (Wildman–Crippen MR) is 95.7 cm³/mol. The van der Waals surface area contributed by atoms with Gasteiger partial charge >= 0.3 is 135 Å². The second-order valence-corrected chi connectivity index (χ2v) is 9.81. The van der Waals surface area contributed by atoms with Gasteiger partial charge in [0, 0.05) is 0 Å². The molecule has 0 heterocycles. The van der Waals surface area contributed by atoms with Crippen LogP contribution in [0.1, 0.15) is 65.2 Å². The predicted octanol–water partition coefficient (Wildman–Crippen LogP) is 2.88. The first-order chi connectivity index (χ1) is 9.84. The first-order valence-corrected chi connectivity index (χ1v) is 9.62. The molecular weight excluding hydrogens is 297 g/mol. The molecule has 4 nitrogen and oxygen atoms in total. The van der Waals surface area contributed by atoms with Crippen molar-refractivity contribution in [3.8, 4) is 0 Å². The molecule has 0 bridgehead atoms. The van der Waals surface area contributed by atoms with E-state index in [1.54, 1.807) is 6.92 Å². The molecule has 0 aliphatic carbocycles. The van der Waals surface area contributed by atoms with Crippen molar-refractivity contribution in [2.45, 2.75) is 65.8 Å². The van der Waals surface area contributed by atoms with Gasteiger partial charge in [0.2, 0.25) is 0 Å². The zero-order valence-electron chi connectivity index (χ0n) is 14.9. The average molecular weight is 329 g/mol. The molecule has 22 heavy (non-hydrogen) atoms. The van der Waals surface area contributed by atoms with Crippen molar-refractivity contribution in [1.29, 1.82) is 0 Å². The van der Waals surface area contributed by atoms with Crippen molar-refractivity contribution in [2.24, 2.45) is 5.73 Å². The van der Waals surface area contributed by atoms with Crippen LogP contribution < -0.4 is 11.0 Å². The van der Waals surface area contributed by atoms with Crippen molar-refractivity contribution >= 4 is 13.2 Å². The molecule has 0 aliphatic heterocycles. The van der Waals surface area contributed by atoms with Gasteiger partial charge in [-0.1, -0.05) is 0 Å². The van der Waals surface area contributed by atoms with E-state index < -0.39 is 7.94 Å². The van der Waals surface area contributed by atoms with Gasteiger partial charge in [0.1, 0.15) is 0 Å². The van der Waals surface area contributed by atoms with Gasteiger partial charge < -0.3 is 0 Å². The Labute approximate surface area is 135 Å². The molecular formula is C17H32NO3P. The van der Waals surface area contributed by atoms with E-state index in [1.807, 2.05) is 6.07 Å². The van der Waals surface area contributed by atoms with E-state index in [-0.39, 0.29) is 24.0 Å². The van der Waals surface area contributed by atoms with Crippen LogP contribution in [0.2, 0.25) is 0 Å². The van der Waals surface area contributed by atoms with Crippen molar-refractivity contribution in [3.05, 3.63) is 28.8 Å². The van der Waals surface area contributed by atoms with E-state index in [0.29, 0.717) is 5.30 Å². The Bertz CT molecular complexity index is 528. The first kappa shape index (κ1) is 19.5. The fraction of sp³-hybridized carbons (Fsp3) is 0.647. The van der Waals surface area contributed by atoms with E-state index in [0.717, 1.165) is 16.7 Å². The molecule has 128 valence electrons. The fourth-order valence-electron chi connectivity index (χ4n) is 2.55. The molecule has 0 spiro atoms. The average Bonchev–Trinajstić information content (AvgIpc) is 2.34. The van der Waals surface area contributed by atoms with Crippen LogP contribution in [0.5, 0.6) is 0 Å². The third kappa shape index (κ3) is 4.27. The van der Waals surface area contributed by atoms with Crippen LogP contribution in [0.4, 0.5) is 0 Å². The summed E-state index contributed by atoms with van der Waals surface area (Å²) in [6.45, 7) is 14.9. The number of hydrogen-bond acceptors (Lipinski definition) is 4. The van der Waals surface area contributed by atoms with Crippen molar-refractivity contribution in [3.63, 3.8) is 0 Å². The molecule has 0 saturated heterocycles. The van der Waals surface area contributed by atoms with E-state index in [1.165, 1.54) is 0 Å². The zero-order chi connectivity index (χ0) is 17.3. The summed E-state index contributed by atoms with van der Waals surface area (Å²) >= 11 is 0. The van der Waals surface area contributed by atoms with Crippen LogP contribution in [-0.2, 0) is 21.9 Å². The monoisotopic (exact) mass is 329 g/mol. The van der Waals surface area contributed by atoms with E-state index in [9.17, 15) is 9.79 Å². The Balaban J connectivity index is 3.74. The Morgan fingerprint density at radius 3 is 1.95 bits per heavy atom. The molecule has 0 fully saturated rings. The summed E-state index contributed by atoms with van der Waals surface area (Å²) in [4.78, 5) is 21.1. The summed E-state index contributed by atoms with van der Waals surface area (Å²) in [5.74, 6) is 0. The second kappa shape index (κ2) is 6.54. The third-order valence-electron chi connectivity index (χ3n) is 3.79. The Hall–Kier alpha value is -0.510. The topological polar surface area (TPSA) is 75.7 Å². The summed E-state index contributed by atoms with van der Waals surface area (Å²) in [6.07, 6.45) is 0. The van der Waals surface area contributed by atoms with Crippen LogP contribution >= 0.6 is 7.94 Å². The normalized spacial score (nSPS) is 14.3. The summed E-state index contributed by atoms with van der Waals surface area (Å²) in [5, 5.41) is 0.511. The SMILES string of the molecule is CCO[PH](O)(O)c1c(CN)cc(C(C)(C)C)cc1C(C)(C)C. The number of hydrogen-bond donors (Lipinski definition) is 3.